The van der Waals surface area contributed by atoms with Gasteiger partial charge in [-0.05, 0) is 37.5 Å². The smallest absolute Gasteiger partial charge is 0.128 e. The van der Waals surface area contributed by atoms with Crippen LogP contribution in [0.3, 0.4) is 0 Å². The van der Waals surface area contributed by atoms with Crippen LogP contribution in [0.4, 0.5) is 0 Å². The van der Waals surface area contributed by atoms with Crippen molar-refractivity contribution in [3.05, 3.63) is 30.5 Å². The van der Waals surface area contributed by atoms with Crippen LogP contribution >= 0.6 is 0 Å². The Balaban J connectivity index is 1.31. The zero-order chi connectivity index (χ0) is 15.7. The fraction of sp³-hybridized carbons (Fsp3) is 0.556. The van der Waals surface area contributed by atoms with Gasteiger partial charge < -0.3 is 19.6 Å². The summed E-state index contributed by atoms with van der Waals surface area (Å²) < 4.78 is 11.8. The van der Waals surface area contributed by atoms with Crippen LogP contribution < -0.4 is 4.74 Å². The minimum Gasteiger partial charge on any atom is -0.490 e. The summed E-state index contributed by atoms with van der Waals surface area (Å²) in [5.41, 5.74) is 1.13. The molecule has 2 fully saturated rings. The second kappa shape index (κ2) is 6.15. The van der Waals surface area contributed by atoms with Crippen molar-refractivity contribution >= 4 is 10.9 Å². The fourth-order valence-corrected chi connectivity index (χ4v) is 3.67. The molecule has 1 aliphatic heterocycles. The van der Waals surface area contributed by atoms with Gasteiger partial charge in [0, 0.05) is 36.7 Å². The summed E-state index contributed by atoms with van der Waals surface area (Å²) in [7, 11) is 0. The quantitative estimate of drug-likeness (QED) is 0.887. The van der Waals surface area contributed by atoms with Gasteiger partial charge in [0.1, 0.15) is 18.5 Å². The third kappa shape index (κ3) is 3.09. The Morgan fingerprint density at radius 3 is 3.09 bits per heavy atom. The minimum atomic E-state index is -0.487. The van der Waals surface area contributed by atoms with Crippen LogP contribution in [0.2, 0.25) is 0 Å². The summed E-state index contributed by atoms with van der Waals surface area (Å²) in [6.07, 6.45) is 5.00. The van der Waals surface area contributed by atoms with E-state index < -0.39 is 6.10 Å². The van der Waals surface area contributed by atoms with Crippen molar-refractivity contribution in [3.8, 4) is 5.75 Å². The highest BCUT2D eigenvalue weighted by Gasteiger charge is 2.42. The lowest BCUT2D eigenvalue weighted by molar-refractivity contribution is -0.155. The zero-order valence-electron chi connectivity index (χ0n) is 13.3. The first kappa shape index (κ1) is 15.0. The molecular weight excluding hydrogens is 292 g/mol. The molecule has 1 aromatic heterocycles. The number of nitrogens with zero attached hydrogens (tertiary/aromatic N) is 1. The highest BCUT2D eigenvalue weighted by Crippen LogP contribution is 2.38. The molecule has 1 aliphatic carbocycles. The van der Waals surface area contributed by atoms with Crippen LogP contribution in [0, 0.1) is 0 Å². The number of hydrogen-bond acceptors (Lipinski definition) is 4. The Kier molecular flexibility index (Phi) is 4.01. The molecule has 23 heavy (non-hydrogen) atoms. The number of aliphatic hydroxyl groups excluding tert-OH is 1. The number of benzene rings is 1. The Morgan fingerprint density at radius 1 is 1.35 bits per heavy atom. The van der Waals surface area contributed by atoms with Crippen LogP contribution in [0.15, 0.2) is 30.5 Å². The van der Waals surface area contributed by atoms with Gasteiger partial charge in [-0.3, -0.25) is 4.90 Å². The number of aliphatic hydroxyl groups is 1. The molecule has 4 rings (SSSR count). The number of fused-ring (bicyclic) bond motifs is 1. The van der Waals surface area contributed by atoms with Crippen molar-refractivity contribution in [1.29, 1.82) is 0 Å². The third-order valence-electron chi connectivity index (χ3n) is 5.05. The van der Waals surface area contributed by atoms with E-state index in [-0.39, 0.29) is 5.60 Å². The summed E-state index contributed by atoms with van der Waals surface area (Å²) in [4.78, 5) is 5.48. The van der Waals surface area contributed by atoms with Gasteiger partial charge in [0.15, 0.2) is 0 Å². The van der Waals surface area contributed by atoms with E-state index >= 15 is 0 Å². The first-order valence-electron chi connectivity index (χ1n) is 8.47. The molecule has 0 amide bonds. The molecule has 1 aromatic carbocycles. The molecule has 2 aromatic rings. The molecule has 1 saturated heterocycles. The van der Waals surface area contributed by atoms with E-state index in [1.165, 1.54) is 6.42 Å². The van der Waals surface area contributed by atoms with Crippen molar-refractivity contribution in [2.45, 2.75) is 31.0 Å². The SMILES string of the molecule is OC(COc1cccc2[nH]ccc12)CN1CCOC2(CCC2)C1. The number of aromatic nitrogens is 1. The maximum atomic E-state index is 10.3. The van der Waals surface area contributed by atoms with E-state index in [1.807, 2.05) is 30.5 Å². The lowest BCUT2D eigenvalue weighted by atomic mass is 9.79. The van der Waals surface area contributed by atoms with Gasteiger partial charge in [0.05, 0.1) is 12.2 Å². The molecule has 0 radical (unpaired) electrons. The van der Waals surface area contributed by atoms with Crippen LogP contribution in [-0.4, -0.2) is 59.5 Å². The molecule has 2 heterocycles. The van der Waals surface area contributed by atoms with Crippen molar-refractivity contribution in [1.82, 2.24) is 9.88 Å². The number of hydrogen-bond donors (Lipinski definition) is 2. The van der Waals surface area contributed by atoms with E-state index in [0.717, 1.165) is 49.2 Å². The summed E-state index contributed by atoms with van der Waals surface area (Å²) in [6, 6.07) is 7.92. The summed E-state index contributed by atoms with van der Waals surface area (Å²) in [6.45, 7) is 3.57. The first-order valence-corrected chi connectivity index (χ1v) is 8.47. The normalized spacial score (nSPS) is 22.1. The summed E-state index contributed by atoms with van der Waals surface area (Å²) in [5, 5.41) is 11.4. The average Bonchev–Trinajstić information content (AvgIpc) is 3.01. The average molecular weight is 316 g/mol. The molecule has 1 saturated carbocycles. The predicted octanol–water partition coefficient (Wildman–Crippen LogP) is 2.16. The van der Waals surface area contributed by atoms with Gasteiger partial charge in [-0.25, -0.2) is 0 Å². The number of rotatable bonds is 5. The summed E-state index contributed by atoms with van der Waals surface area (Å²) >= 11 is 0. The number of ether oxygens (including phenoxy) is 2. The predicted molar refractivity (Wildman–Crippen MR) is 88.8 cm³/mol. The molecule has 124 valence electrons. The lowest BCUT2D eigenvalue weighted by Gasteiger charge is -2.48. The first-order chi connectivity index (χ1) is 11.2. The zero-order valence-corrected chi connectivity index (χ0v) is 13.3. The van der Waals surface area contributed by atoms with E-state index in [4.69, 9.17) is 9.47 Å². The molecule has 1 spiro atoms. The molecule has 2 N–H and O–H groups in total. The standard InChI is InChI=1S/C18H24N2O3/c21-14(11-20-9-10-23-18(13-20)6-2-7-18)12-22-17-4-1-3-16-15(17)5-8-19-16/h1,3-5,8,14,19,21H,2,6-7,9-13H2. The molecule has 1 unspecified atom stereocenters. The van der Waals surface area contributed by atoms with E-state index in [9.17, 15) is 5.11 Å². The van der Waals surface area contributed by atoms with Gasteiger partial charge in [0.25, 0.3) is 0 Å². The van der Waals surface area contributed by atoms with Crippen molar-refractivity contribution in [2.75, 3.05) is 32.8 Å². The molecular formula is C18H24N2O3. The van der Waals surface area contributed by atoms with E-state index in [1.54, 1.807) is 0 Å². The van der Waals surface area contributed by atoms with E-state index in [2.05, 4.69) is 9.88 Å². The number of aromatic amines is 1. The van der Waals surface area contributed by atoms with Crippen molar-refractivity contribution in [3.63, 3.8) is 0 Å². The van der Waals surface area contributed by atoms with Gasteiger partial charge in [-0.2, -0.15) is 0 Å². The minimum absolute atomic E-state index is 0.0789. The number of morpholine rings is 1. The summed E-state index contributed by atoms with van der Waals surface area (Å²) in [5.74, 6) is 0.820. The van der Waals surface area contributed by atoms with Crippen LogP contribution in [0.1, 0.15) is 19.3 Å². The van der Waals surface area contributed by atoms with Crippen molar-refractivity contribution in [2.24, 2.45) is 0 Å². The maximum absolute atomic E-state index is 10.3. The Morgan fingerprint density at radius 2 is 2.26 bits per heavy atom. The number of nitrogens with one attached hydrogen (secondary N) is 1. The Labute approximate surface area is 136 Å². The monoisotopic (exact) mass is 316 g/mol. The van der Waals surface area contributed by atoms with Crippen LogP contribution in [0.5, 0.6) is 5.75 Å². The molecule has 2 aliphatic rings. The second-order valence-corrected chi connectivity index (χ2v) is 6.78. The molecule has 5 nitrogen and oxygen atoms in total. The van der Waals surface area contributed by atoms with E-state index in [0.29, 0.717) is 13.2 Å². The molecule has 1 atom stereocenters. The van der Waals surface area contributed by atoms with Crippen LogP contribution in [-0.2, 0) is 4.74 Å². The number of H-pyrrole nitrogens is 1. The highest BCUT2D eigenvalue weighted by atomic mass is 16.5. The highest BCUT2D eigenvalue weighted by molar-refractivity contribution is 5.85. The van der Waals surface area contributed by atoms with Gasteiger partial charge in [-0.1, -0.05) is 6.07 Å². The van der Waals surface area contributed by atoms with Gasteiger partial charge in [0.2, 0.25) is 0 Å². The fourth-order valence-electron chi connectivity index (χ4n) is 3.67. The number of β-amino-alcohol motifs (C(OH)–C–C–N with tert-alkyl or cyclic N) is 1. The molecule has 5 heteroatoms. The van der Waals surface area contributed by atoms with Crippen LogP contribution in [0.25, 0.3) is 10.9 Å². The maximum Gasteiger partial charge on any atom is 0.128 e. The third-order valence-corrected chi connectivity index (χ3v) is 5.05. The second-order valence-electron chi connectivity index (χ2n) is 6.78. The van der Waals surface area contributed by atoms with Gasteiger partial charge >= 0.3 is 0 Å². The Hall–Kier alpha value is -1.56. The molecule has 0 bridgehead atoms. The lowest BCUT2D eigenvalue weighted by Crippen LogP contribution is -2.57. The Bertz CT molecular complexity index is 665. The van der Waals surface area contributed by atoms with Crippen molar-refractivity contribution < 1.29 is 14.6 Å². The largest absolute Gasteiger partial charge is 0.490 e. The van der Waals surface area contributed by atoms with Gasteiger partial charge in [-0.15, -0.1) is 0 Å². The topological polar surface area (TPSA) is 57.7 Å².